The van der Waals surface area contributed by atoms with Crippen LogP contribution in [0, 0.1) is 16.2 Å². The summed E-state index contributed by atoms with van der Waals surface area (Å²) in [6, 6.07) is 0. The molecule has 2 N–H and O–H groups in total. The molecule has 7 heteroatoms. The molecule has 32 heavy (non-hydrogen) atoms. The van der Waals surface area contributed by atoms with E-state index in [1.165, 1.54) is 0 Å². The highest BCUT2D eigenvalue weighted by Gasteiger charge is 2.33. The first kappa shape index (κ1) is 29.6. The molecule has 0 aromatic rings. The minimum Gasteiger partial charge on any atom is -0.463 e. The average molecular weight is 452 g/mol. The van der Waals surface area contributed by atoms with E-state index in [4.69, 9.17) is 19.9 Å². The van der Waals surface area contributed by atoms with Gasteiger partial charge in [-0.1, -0.05) is 59.8 Å². The minimum atomic E-state index is -1.39. The third-order valence-corrected chi connectivity index (χ3v) is 5.02. The number of hydrogen-bond donors (Lipinski definition) is 1. The van der Waals surface area contributed by atoms with Crippen molar-refractivity contribution in [3.63, 3.8) is 0 Å². The van der Waals surface area contributed by atoms with Crippen molar-refractivity contribution in [3.05, 3.63) is 38.0 Å². The highest BCUT2D eigenvalue weighted by atomic mass is 16.6. The van der Waals surface area contributed by atoms with E-state index < -0.39 is 39.7 Å². The Morgan fingerprint density at radius 3 is 1.03 bits per heavy atom. The summed E-state index contributed by atoms with van der Waals surface area (Å²) in [6.45, 7) is 21.4. The van der Waals surface area contributed by atoms with Gasteiger partial charge in [-0.3, -0.25) is 14.4 Å². The predicted octanol–water partition coefficient (Wildman–Crippen LogP) is 4.12. The molecule has 0 atom stereocenters. The Morgan fingerprint density at radius 2 is 0.844 bits per heavy atom. The topological polar surface area (TPSA) is 105 Å². The first-order chi connectivity index (χ1) is 14.5. The second-order valence-electron chi connectivity index (χ2n) is 10.5. The number of esters is 3. The molecule has 0 rings (SSSR count). The molecule has 0 saturated heterocycles. The number of allylic oxidation sites excluding steroid dienone is 3. The lowest BCUT2D eigenvalue weighted by atomic mass is 9.90. The second kappa shape index (κ2) is 12.0. The number of rotatable bonds is 15. The number of hydrogen-bond acceptors (Lipinski definition) is 7. The van der Waals surface area contributed by atoms with Crippen LogP contribution in [-0.2, 0) is 28.6 Å². The summed E-state index contributed by atoms with van der Waals surface area (Å²) in [7, 11) is 0. The van der Waals surface area contributed by atoms with Crippen LogP contribution in [0.25, 0.3) is 0 Å². The van der Waals surface area contributed by atoms with Crippen LogP contribution in [0.15, 0.2) is 38.0 Å². The molecule has 0 radical (unpaired) electrons. The molecule has 0 saturated carbocycles. The van der Waals surface area contributed by atoms with Gasteiger partial charge in [0.15, 0.2) is 0 Å². The molecule has 0 bridgehead atoms. The Hall–Kier alpha value is -2.41. The number of carbonyl (C=O) groups excluding carboxylic acids is 3. The normalized spacial score (nSPS) is 12.5. The molecule has 0 fully saturated rings. The van der Waals surface area contributed by atoms with Gasteiger partial charge in [0.2, 0.25) is 0 Å². The van der Waals surface area contributed by atoms with Crippen LogP contribution in [-0.4, -0.2) is 43.3 Å². The van der Waals surface area contributed by atoms with Crippen molar-refractivity contribution in [3.8, 4) is 0 Å². The van der Waals surface area contributed by atoms with E-state index in [9.17, 15) is 14.4 Å². The number of nitrogens with two attached hydrogens (primary N) is 1. The van der Waals surface area contributed by atoms with Crippen LogP contribution in [0.4, 0.5) is 0 Å². The van der Waals surface area contributed by atoms with Gasteiger partial charge in [0, 0.05) is 0 Å². The molecule has 0 amide bonds. The zero-order chi connectivity index (χ0) is 25.2. The smallest absolute Gasteiger partial charge is 0.306 e. The Labute approximate surface area is 193 Å². The Bertz CT molecular complexity index is 612. The number of carbonyl (C=O) groups is 3. The van der Waals surface area contributed by atoms with Gasteiger partial charge in [0.05, 0.1) is 19.3 Å². The van der Waals surface area contributed by atoms with E-state index in [0.29, 0.717) is 0 Å². The largest absolute Gasteiger partial charge is 0.463 e. The zero-order valence-corrected chi connectivity index (χ0v) is 20.6. The van der Waals surface area contributed by atoms with Crippen molar-refractivity contribution in [2.45, 2.75) is 66.3 Å². The lowest BCUT2D eigenvalue weighted by molar-refractivity contribution is -0.156. The summed E-state index contributed by atoms with van der Waals surface area (Å²) >= 11 is 0. The van der Waals surface area contributed by atoms with Crippen molar-refractivity contribution in [2.75, 3.05) is 19.8 Å². The molecular formula is C25H41NO6. The Morgan fingerprint density at radius 1 is 0.625 bits per heavy atom. The molecule has 0 aliphatic carbocycles. The van der Waals surface area contributed by atoms with Crippen LogP contribution in [0.2, 0.25) is 0 Å². The molecule has 0 aliphatic rings. The molecule has 0 unspecified atom stereocenters. The maximum Gasteiger partial charge on any atom is 0.306 e. The number of ether oxygens (including phenoxy) is 3. The van der Waals surface area contributed by atoms with E-state index in [0.717, 1.165) is 0 Å². The van der Waals surface area contributed by atoms with Crippen molar-refractivity contribution in [2.24, 2.45) is 22.0 Å². The summed E-state index contributed by atoms with van der Waals surface area (Å²) in [5, 5.41) is 0. The molecule has 0 spiro atoms. The maximum atomic E-state index is 12.2. The highest BCUT2D eigenvalue weighted by molar-refractivity contribution is 5.72. The summed E-state index contributed by atoms with van der Waals surface area (Å²) in [5.41, 5.74) is 3.61. The molecule has 182 valence electrons. The monoisotopic (exact) mass is 451 g/mol. The van der Waals surface area contributed by atoms with Crippen LogP contribution in [0.1, 0.15) is 60.8 Å². The molecule has 0 aromatic heterocycles. The fourth-order valence-electron chi connectivity index (χ4n) is 2.28. The summed E-state index contributed by atoms with van der Waals surface area (Å²) < 4.78 is 16.0. The zero-order valence-electron chi connectivity index (χ0n) is 20.6. The van der Waals surface area contributed by atoms with Gasteiger partial charge in [0.25, 0.3) is 0 Å². The standard InChI is InChI=1S/C25H41NO6/c1-10-22(4,5)13-19(27)30-16-25(26,17-31-20(28)14-23(6,7)11-2)18-32-21(29)15-24(8,9)12-3/h10-12H,1-3,13-18,26H2,4-9H3. The quantitative estimate of drug-likeness (QED) is 0.227. The molecule has 0 heterocycles. The predicted molar refractivity (Wildman–Crippen MR) is 126 cm³/mol. The Kier molecular flexibility index (Phi) is 11.1. The highest BCUT2D eigenvalue weighted by Crippen LogP contribution is 2.24. The van der Waals surface area contributed by atoms with E-state index in [2.05, 4.69) is 19.7 Å². The maximum absolute atomic E-state index is 12.2. The summed E-state index contributed by atoms with van der Waals surface area (Å²) in [6.07, 6.45) is 5.30. The van der Waals surface area contributed by atoms with Crippen LogP contribution in [0.5, 0.6) is 0 Å². The van der Waals surface area contributed by atoms with E-state index in [1.54, 1.807) is 18.2 Å². The van der Waals surface area contributed by atoms with Crippen molar-refractivity contribution < 1.29 is 28.6 Å². The molecule has 0 aliphatic heterocycles. The van der Waals surface area contributed by atoms with Gasteiger partial charge in [-0.2, -0.15) is 0 Å². The van der Waals surface area contributed by atoms with Gasteiger partial charge < -0.3 is 19.9 Å². The lowest BCUT2D eigenvalue weighted by Gasteiger charge is -2.30. The fraction of sp³-hybridized carbons (Fsp3) is 0.640. The molecular weight excluding hydrogens is 410 g/mol. The first-order valence-electron chi connectivity index (χ1n) is 10.7. The molecule has 7 nitrogen and oxygen atoms in total. The van der Waals surface area contributed by atoms with E-state index in [1.807, 2.05) is 41.5 Å². The van der Waals surface area contributed by atoms with E-state index >= 15 is 0 Å². The minimum absolute atomic E-state index is 0.104. The summed E-state index contributed by atoms with van der Waals surface area (Å²) in [5.74, 6) is -1.45. The second-order valence-corrected chi connectivity index (χ2v) is 10.5. The third-order valence-electron chi connectivity index (χ3n) is 5.02. The van der Waals surface area contributed by atoms with E-state index in [-0.39, 0.29) is 39.1 Å². The van der Waals surface area contributed by atoms with Crippen molar-refractivity contribution in [1.29, 1.82) is 0 Å². The van der Waals surface area contributed by atoms with Gasteiger partial charge >= 0.3 is 17.9 Å². The molecule has 0 aromatic carbocycles. The lowest BCUT2D eigenvalue weighted by Crippen LogP contribution is -2.54. The third kappa shape index (κ3) is 12.4. The Balaban J connectivity index is 5.18. The van der Waals surface area contributed by atoms with Crippen LogP contribution >= 0.6 is 0 Å². The average Bonchev–Trinajstić information content (AvgIpc) is 2.68. The van der Waals surface area contributed by atoms with Gasteiger partial charge in [-0.25, -0.2) is 0 Å². The van der Waals surface area contributed by atoms with Gasteiger partial charge in [-0.05, 0) is 16.2 Å². The van der Waals surface area contributed by atoms with Crippen LogP contribution in [0.3, 0.4) is 0 Å². The van der Waals surface area contributed by atoms with Crippen molar-refractivity contribution in [1.82, 2.24) is 0 Å². The van der Waals surface area contributed by atoms with Gasteiger partial charge in [-0.15, -0.1) is 19.7 Å². The van der Waals surface area contributed by atoms with Crippen molar-refractivity contribution >= 4 is 17.9 Å². The fourth-order valence-corrected chi connectivity index (χ4v) is 2.28. The first-order valence-corrected chi connectivity index (χ1v) is 10.7. The van der Waals surface area contributed by atoms with Gasteiger partial charge in [0.1, 0.15) is 25.4 Å². The summed E-state index contributed by atoms with van der Waals surface area (Å²) in [4.78, 5) is 36.7. The SMILES string of the molecule is C=CC(C)(C)CC(=O)OCC(N)(COC(=O)CC(C)(C)C=C)COC(=O)CC(C)(C)C=C. The van der Waals surface area contributed by atoms with Crippen LogP contribution < -0.4 is 5.73 Å².